The molecule has 3 heterocycles. The average Bonchev–Trinajstić information content (AvgIpc) is 3.29. The second kappa shape index (κ2) is 7.78. The van der Waals surface area contributed by atoms with Gasteiger partial charge in [-0.2, -0.15) is 0 Å². The number of halogens is 1. The van der Waals surface area contributed by atoms with Crippen molar-refractivity contribution < 1.29 is 4.42 Å². The van der Waals surface area contributed by atoms with Gasteiger partial charge < -0.3 is 4.42 Å². The maximum atomic E-state index is 5.86. The molecule has 5 nitrogen and oxygen atoms in total. The molecule has 1 saturated heterocycles. The lowest BCUT2D eigenvalue weighted by Gasteiger charge is -2.33. The summed E-state index contributed by atoms with van der Waals surface area (Å²) in [4.78, 5) is 6.31. The Bertz CT molecular complexity index is 812. The van der Waals surface area contributed by atoms with Crippen LogP contribution in [0.2, 0.25) is 0 Å². The van der Waals surface area contributed by atoms with Crippen molar-refractivity contribution in [3.63, 3.8) is 0 Å². The summed E-state index contributed by atoms with van der Waals surface area (Å²) in [5, 5.41) is 10.6. The van der Waals surface area contributed by atoms with Gasteiger partial charge in [0.2, 0.25) is 11.8 Å². The van der Waals surface area contributed by atoms with Crippen LogP contribution in [0.25, 0.3) is 11.5 Å². The zero-order valence-electron chi connectivity index (χ0n) is 13.8. The number of benzene rings is 1. The molecule has 1 fully saturated rings. The first-order chi connectivity index (χ1) is 12.3. The van der Waals surface area contributed by atoms with Crippen molar-refractivity contribution in [3.05, 3.63) is 57.0 Å². The fourth-order valence-corrected chi connectivity index (χ4v) is 4.18. The molecular weight excluding hydrogens is 400 g/mol. The van der Waals surface area contributed by atoms with Crippen LogP contribution in [0.15, 0.2) is 50.7 Å². The topological polar surface area (TPSA) is 45.4 Å². The first-order valence-electron chi connectivity index (χ1n) is 8.32. The molecular formula is C18H19BrN4OS. The Morgan fingerprint density at radius 2 is 1.72 bits per heavy atom. The highest BCUT2D eigenvalue weighted by Crippen LogP contribution is 2.27. The second-order valence-corrected chi connectivity index (χ2v) is 8.00. The van der Waals surface area contributed by atoms with Crippen LogP contribution in [0.3, 0.4) is 0 Å². The van der Waals surface area contributed by atoms with Gasteiger partial charge in [-0.25, -0.2) is 0 Å². The van der Waals surface area contributed by atoms with Gasteiger partial charge in [-0.15, -0.1) is 21.5 Å². The highest BCUT2D eigenvalue weighted by Gasteiger charge is 2.20. The van der Waals surface area contributed by atoms with E-state index in [0.717, 1.165) is 42.8 Å². The molecule has 3 aromatic rings. The molecule has 7 heteroatoms. The molecule has 0 saturated carbocycles. The van der Waals surface area contributed by atoms with Crippen molar-refractivity contribution in [1.82, 2.24) is 20.0 Å². The van der Waals surface area contributed by atoms with Gasteiger partial charge in [0.15, 0.2) is 0 Å². The number of aromatic nitrogens is 2. The molecule has 0 aliphatic carbocycles. The Morgan fingerprint density at radius 3 is 2.44 bits per heavy atom. The molecule has 1 aromatic carbocycles. The smallest absolute Gasteiger partial charge is 0.248 e. The number of nitrogens with zero attached hydrogens (tertiary/aromatic N) is 4. The van der Waals surface area contributed by atoms with Gasteiger partial charge in [-0.05, 0) is 39.5 Å². The van der Waals surface area contributed by atoms with Gasteiger partial charge >= 0.3 is 0 Å². The zero-order chi connectivity index (χ0) is 17.1. The largest absolute Gasteiger partial charge is 0.419 e. The van der Waals surface area contributed by atoms with E-state index in [9.17, 15) is 0 Å². The van der Waals surface area contributed by atoms with Crippen molar-refractivity contribution >= 4 is 27.3 Å². The molecule has 1 aliphatic rings. The van der Waals surface area contributed by atoms with Gasteiger partial charge in [-0.3, -0.25) is 9.80 Å². The monoisotopic (exact) mass is 418 g/mol. The SMILES string of the molecule is Brc1ccccc1-c1nnc(CN2CCN(Cc3cccs3)CC2)o1. The summed E-state index contributed by atoms with van der Waals surface area (Å²) in [6.45, 7) is 5.96. The molecule has 0 N–H and O–H groups in total. The van der Waals surface area contributed by atoms with Crippen LogP contribution in [-0.4, -0.2) is 46.2 Å². The number of hydrogen-bond donors (Lipinski definition) is 0. The van der Waals surface area contributed by atoms with E-state index in [0.29, 0.717) is 18.3 Å². The third-order valence-electron chi connectivity index (χ3n) is 4.35. The van der Waals surface area contributed by atoms with Crippen LogP contribution in [0.5, 0.6) is 0 Å². The predicted molar refractivity (Wildman–Crippen MR) is 102 cm³/mol. The van der Waals surface area contributed by atoms with E-state index in [2.05, 4.69) is 53.4 Å². The van der Waals surface area contributed by atoms with Crippen molar-refractivity contribution in [1.29, 1.82) is 0 Å². The normalized spacial score (nSPS) is 16.4. The van der Waals surface area contributed by atoms with Crippen LogP contribution in [-0.2, 0) is 13.1 Å². The summed E-state index contributed by atoms with van der Waals surface area (Å²) < 4.78 is 6.82. The standard InChI is InChI=1S/C18H19BrN4OS/c19-16-6-2-1-5-15(16)18-21-20-17(24-18)13-23-9-7-22(8-10-23)12-14-4-3-11-25-14/h1-6,11H,7-10,12-13H2. The lowest BCUT2D eigenvalue weighted by molar-refractivity contribution is 0.115. The van der Waals surface area contributed by atoms with E-state index >= 15 is 0 Å². The number of rotatable bonds is 5. The fourth-order valence-electron chi connectivity index (χ4n) is 2.98. The van der Waals surface area contributed by atoms with Crippen molar-refractivity contribution in [3.8, 4) is 11.5 Å². The molecule has 130 valence electrons. The summed E-state index contributed by atoms with van der Waals surface area (Å²) in [7, 11) is 0. The van der Waals surface area contributed by atoms with Crippen molar-refractivity contribution in [2.75, 3.05) is 26.2 Å². The van der Waals surface area contributed by atoms with E-state index in [1.54, 1.807) is 0 Å². The van der Waals surface area contributed by atoms with Crippen molar-refractivity contribution in [2.24, 2.45) is 0 Å². The quantitative estimate of drug-likeness (QED) is 0.628. The Labute approximate surface area is 159 Å². The lowest BCUT2D eigenvalue weighted by Crippen LogP contribution is -2.45. The number of piperazine rings is 1. The third-order valence-corrected chi connectivity index (χ3v) is 5.91. The summed E-state index contributed by atoms with van der Waals surface area (Å²) in [5.74, 6) is 1.25. The summed E-state index contributed by atoms with van der Waals surface area (Å²) in [5.41, 5.74) is 0.932. The Morgan fingerprint density at radius 1 is 0.960 bits per heavy atom. The summed E-state index contributed by atoms with van der Waals surface area (Å²) >= 11 is 5.36. The van der Waals surface area contributed by atoms with Gasteiger partial charge in [0, 0.05) is 42.1 Å². The van der Waals surface area contributed by atoms with Crippen LogP contribution >= 0.6 is 27.3 Å². The third kappa shape index (κ3) is 4.17. The fraction of sp³-hybridized carbons (Fsp3) is 0.333. The maximum absolute atomic E-state index is 5.86. The molecule has 0 amide bonds. The second-order valence-electron chi connectivity index (χ2n) is 6.11. The molecule has 25 heavy (non-hydrogen) atoms. The Balaban J connectivity index is 1.32. The van der Waals surface area contributed by atoms with E-state index in [4.69, 9.17) is 4.42 Å². The average molecular weight is 419 g/mol. The minimum atomic E-state index is 0.568. The summed E-state index contributed by atoms with van der Waals surface area (Å²) in [6, 6.07) is 12.2. The first-order valence-corrected chi connectivity index (χ1v) is 9.99. The highest BCUT2D eigenvalue weighted by atomic mass is 79.9. The zero-order valence-corrected chi connectivity index (χ0v) is 16.2. The molecule has 0 bridgehead atoms. The van der Waals surface area contributed by atoms with Crippen LogP contribution in [0.4, 0.5) is 0 Å². The molecule has 0 spiro atoms. The number of thiophene rings is 1. The minimum Gasteiger partial charge on any atom is -0.419 e. The lowest BCUT2D eigenvalue weighted by atomic mass is 10.2. The van der Waals surface area contributed by atoms with Gasteiger partial charge in [0.1, 0.15) is 0 Å². The van der Waals surface area contributed by atoms with Crippen molar-refractivity contribution in [2.45, 2.75) is 13.1 Å². The van der Waals surface area contributed by atoms with Gasteiger partial charge in [-0.1, -0.05) is 18.2 Å². The van der Waals surface area contributed by atoms with Gasteiger partial charge in [0.05, 0.1) is 12.1 Å². The Hall–Kier alpha value is -1.54. The number of hydrogen-bond acceptors (Lipinski definition) is 6. The first kappa shape index (κ1) is 16.9. The Kier molecular flexibility index (Phi) is 5.26. The van der Waals surface area contributed by atoms with Gasteiger partial charge in [0.25, 0.3) is 0 Å². The maximum Gasteiger partial charge on any atom is 0.248 e. The molecule has 0 radical (unpaired) electrons. The molecule has 4 rings (SSSR count). The van der Waals surface area contributed by atoms with E-state index in [-0.39, 0.29) is 0 Å². The molecule has 1 aliphatic heterocycles. The van der Waals surface area contributed by atoms with Crippen LogP contribution in [0.1, 0.15) is 10.8 Å². The molecule has 2 aromatic heterocycles. The van der Waals surface area contributed by atoms with Crippen LogP contribution in [0, 0.1) is 0 Å². The summed E-state index contributed by atoms with van der Waals surface area (Å²) in [6.07, 6.45) is 0. The predicted octanol–water partition coefficient (Wildman–Crippen LogP) is 3.88. The van der Waals surface area contributed by atoms with E-state index in [1.165, 1.54) is 4.88 Å². The molecule has 0 unspecified atom stereocenters. The molecule has 0 atom stereocenters. The van der Waals surface area contributed by atoms with E-state index < -0.39 is 0 Å². The van der Waals surface area contributed by atoms with E-state index in [1.807, 2.05) is 35.6 Å². The van der Waals surface area contributed by atoms with Crippen LogP contribution < -0.4 is 0 Å². The minimum absolute atomic E-state index is 0.568. The highest BCUT2D eigenvalue weighted by molar-refractivity contribution is 9.10.